The van der Waals surface area contributed by atoms with Gasteiger partial charge in [0.05, 0.1) is 11.3 Å². The van der Waals surface area contributed by atoms with Crippen molar-refractivity contribution in [3.63, 3.8) is 0 Å². The number of hydrogen-bond donors (Lipinski definition) is 1. The highest BCUT2D eigenvalue weighted by molar-refractivity contribution is 5.53. The molecule has 0 unspecified atom stereocenters. The quantitative estimate of drug-likeness (QED) is 0.572. The average Bonchev–Trinajstić information content (AvgIpc) is 2.10. The number of rotatable bonds is 2. The zero-order valence-corrected chi connectivity index (χ0v) is 7.97. The highest BCUT2D eigenvalue weighted by Gasteiger charge is 2.04. The third-order valence-corrected chi connectivity index (χ3v) is 1.68. The molecule has 5 heteroatoms. The Morgan fingerprint density at radius 3 is 2.79 bits per heavy atom. The van der Waals surface area contributed by atoms with Crippen LogP contribution >= 0.6 is 0 Å². The molecule has 0 atom stereocenters. The lowest BCUT2D eigenvalue weighted by atomic mass is 10.2. The number of halogens is 1. The molecule has 0 saturated carbocycles. The molecule has 1 aromatic rings. The lowest BCUT2D eigenvalue weighted by molar-refractivity contribution is 0.637. The Balaban J connectivity index is 3.36. The average molecular weight is 195 g/mol. The van der Waals surface area contributed by atoms with Gasteiger partial charge in [0, 0.05) is 6.08 Å². The molecule has 1 rings (SSSR count). The summed E-state index contributed by atoms with van der Waals surface area (Å²) >= 11 is 0. The molecular formula is C9H10FN3O. The summed E-state index contributed by atoms with van der Waals surface area (Å²) in [7, 11) is 0. The van der Waals surface area contributed by atoms with Gasteiger partial charge in [-0.05, 0) is 20.6 Å². The lowest BCUT2D eigenvalue weighted by Gasteiger charge is -1.99. The van der Waals surface area contributed by atoms with Crippen molar-refractivity contribution in [1.29, 1.82) is 0 Å². The Morgan fingerprint density at radius 1 is 1.64 bits per heavy atom. The minimum absolute atomic E-state index is 0.167. The van der Waals surface area contributed by atoms with Crippen LogP contribution in [-0.2, 0) is 0 Å². The van der Waals surface area contributed by atoms with Gasteiger partial charge in [0.25, 0.3) is 5.56 Å². The molecular weight excluding hydrogens is 185 g/mol. The maximum Gasteiger partial charge on any atom is 0.258 e. The second-order valence-corrected chi connectivity index (χ2v) is 2.78. The topological polar surface area (TPSA) is 58.1 Å². The van der Waals surface area contributed by atoms with Crippen LogP contribution in [0.3, 0.4) is 0 Å². The van der Waals surface area contributed by atoms with E-state index in [1.54, 1.807) is 13.8 Å². The van der Waals surface area contributed by atoms with E-state index in [2.05, 4.69) is 21.7 Å². The maximum absolute atomic E-state index is 12.7. The monoisotopic (exact) mass is 195 g/mol. The molecule has 0 aliphatic carbocycles. The summed E-state index contributed by atoms with van der Waals surface area (Å²) in [6, 6.07) is 0. The second kappa shape index (κ2) is 3.95. The molecule has 0 radical (unpaired) electrons. The van der Waals surface area contributed by atoms with E-state index in [0.717, 1.165) is 6.08 Å². The third kappa shape index (κ3) is 2.12. The van der Waals surface area contributed by atoms with Gasteiger partial charge in [-0.15, -0.1) is 0 Å². The molecule has 0 bridgehead atoms. The van der Waals surface area contributed by atoms with Crippen LogP contribution in [0.5, 0.6) is 0 Å². The summed E-state index contributed by atoms with van der Waals surface area (Å²) < 4.78 is 12.7. The molecule has 0 spiro atoms. The first-order valence-corrected chi connectivity index (χ1v) is 3.96. The van der Waals surface area contributed by atoms with E-state index in [1.165, 1.54) is 0 Å². The van der Waals surface area contributed by atoms with Crippen LogP contribution in [0.25, 0.3) is 6.08 Å². The van der Waals surface area contributed by atoms with Crippen molar-refractivity contribution < 1.29 is 4.39 Å². The van der Waals surface area contributed by atoms with E-state index < -0.39 is 5.95 Å². The molecule has 0 saturated heterocycles. The molecule has 74 valence electrons. The summed E-state index contributed by atoms with van der Waals surface area (Å²) in [4.78, 5) is 20.9. The van der Waals surface area contributed by atoms with Crippen molar-refractivity contribution in [2.75, 3.05) is 0 Å². The first kappa shape index (κ1) is 10.3. The zero-order valence-electron chi connectivity index (χ0n) is 7.97. The first-order chi connectivity index (χ1) is 6.54. The van der Waals surface area contributed by atoms with Crippen molar-refractivity contribution in [3.8, 4) is 0 Å². The Morgan fingerprint density at radius 2 is 2.29 bits per heavy atom. The van der Waals surface area contributed by atoms with E-state index in [9.17, 15) is 9.18 Å². The molecule has 0 aliphatic rings. The third-order valence-electron chi connectivity index (χ3n) is 1.68. The van der Waals surface area contributed by atoms with Crippen LogP contribution in [0, 0.1) is 13.8 Å². The highest BCUT2D eigenvalue weighted by Crippen LogP contribution is 2.07. The molecule has 1 aromatic heterocycles. The molecule has 1 N–H and O–H groups in total. The SMILES string of the molecule is C=N/C(F)=C\c1c(C)nc(C)[nH]c1=O. The van der Waals surface area contributed by atoms with Crippen LogP contribution in [0.1, 0.15) is 17.1 Å². The minimum atomic E-state index is -0.802. The lowest BCUT2D eigenvalue weighted by Crippen LogP contribution is -2.14. The number of aryl methyl sites for hydroxylation is 2. The Kier molecular flexibility index (Phi) is 2.91. The maximum atomic E-state index is 12.7. The minimum Gasteiger partial charge on any atom is -0.310 e. The molecule has 1 heterocycles. The predicted octanol–water partition coefficient (Wildman–Crippen LogP) is 1.36. The summed E-state index contributed by atoms with van der Waals surface area (Å²) in [6.07, 6.45) is 1.01. The molecule has 0 aliphatic heterocycles. The number of aromatic nitrogens is 2. The van der Waals surface area contributed by atoms with Gasteiger partial charge in [0.15, 0.2) is 0 Å². The summed E-state index contributed by atoms with van der Waals surface area (Å²) in [5, 5.41) is 0. The number of aromatic amines is 1. The van der Waals surface area contributed by atoms with Crippen LogP contribution < -0.4 is 5.56 Å². The number of nitrogens with one attached hydrogen (secondary N) is 1. The second-order valence-electron chi connectivity index (χ2n) is 2.78. The van der Waals surface area contributed by atoms with Crippen LogP contribution in [-0.4, -0.2) is 16.7 Å². The number of nitrogens with zero attached hydrogens (tertiary/aromatic N) is 2. The largest absolute Gasteiger partial charge is 0.310 e. The van der Waals surface area contributed by atoms with Gasteiger partial charge in [0.1, 0.15) is 5.82 Å². The van der Waals surface area contributed by atoms with Crippen molar-refractivity contribution in [3.05, 3.63) is 33.4 Å². The number of hydrogen-bond acceptors (Lipinski definition) is 3. The molecule has 0 amide bonds. The van der Waals surface area contributed by atoms with Gasteiger partial charge in [-0.2, -0.15) is 4.39 Å². The van der Waals surface area contributed by atoms with Gasteiger partial charge in [0.2, 0.25) is 5.95 Å². The predicted molar refractivity (Wildman–Crippen MR) is 53.0 cm³/mol. The van der Waals surface area contributed by atoms with Gasteiger partial charge in [-0.1, -0.05) is 0 Å². The fourth-order valence-corrected chi connectivity index (χ4v) is 1.07. The van der Waals surface area contributed by atoms with Gasteiger partial charge < -0.3 is 4.98 Å². The van der Waals surface area contributed by atoms with Gasteiger partial charge in [-0.3, -0.25) is 4.79 Å². The summed E-state index contributed by atoms with van der Waals surface area (Å²) in [6.45, 7) is 6.29. The highest BCUT2D eigenvalue weighted by atomic mass is 19.1. The summed E-state index contributed by atoms with van der Waals surface area (Å²) in [5.74, 6) is -0.305. The van der Waals surface area contributed by atoms with E-state index in [4.69, 9.17) is 0 Å². The number of aliphatic imine (C=N–C) groups is 1. The fourth-order valence-electron chi connectivity index (χ4n) is 1.07. The van der Waals surface area contributed by atoms with Gasteiger partial charge >= 0.3 is 0 Å². The first-order valence-electron chi connectivity index (χ1n) is 3.96. The van der Waals surface area contributed by atoms with Crippen molar-refractivity contribution in [1.82, 2.24) is 9.97 Å². The summed E-state index contributed by atoms with van der Waals surface area (Å²) in [5.41, 5.74) is 0.249. The Hall–Kier alpha value is -1.78. The number of H-pyrrole nitrogens is 1. The standard InChI is InChI=1S/C9H10FN3O/c1-5-7(4-8(10)11-3)9(14)13-6(2)12-5/h4H,3H2,1-2H3,(H,12,13,14)/b8-4-. The van der Waals surface area contributed by atoms with Crippen LogP contribution in [0.15, 0.2) is 15.7 Å². The van der Waals surface area contributed by atoms with Crippen LogP contribution in [0.2, 0.25) is 0 Å². The fraction of sp³-hybridized carbons (Fsp3) is 0.222. The van der Waals surface area contributed by atoms with E-state index in [0.29, 0.717) is 11.5 Å². The molecule has 4 nitrogen and oxygen atoms in total. The Bertz CT molecular complexity index is 448. The van der Waals surface area contributed by atoms with E-state index in [-0.39, 0.29) is 11.1 Å². The van der Waals surface area contributed by atoms with Crippen molar-refractivity contribution in [2.45, 2.75) is 13.8 Å². The molecule has 14 heavy (non-hydrogen) atoms. The normalized spacial score (nSPS) is 11.5. The Labute approximate surface area is 80.2 Å². The molecule has 0 aromatic carbocycles. The van der Waals surface area contributed by atoms with Gasteiger partial charge in [-0.25, -0.2) is 9.98 Å². The zero-order chi connectivity index (χ0) is 10.7. The van der Waals surface area contributed by atoms with E-state index >= 15 is 0 Å². The van der Waals surface area contributed by atoms with E-state index in [1.807, 2.05) is 0 Å². The van der Waals surface area contributed by atoms with Crippen molar-refractivity contribution >= 4 is 12.8 Å². The smallest absolute Gasteiger partial charge is 0.258 e. The van der Waals surface area contributed by atoms with Crippen LogP contribution in [0.4, 0.5) is 4.39 Å². The van der Waals surface area contributed by atoms with Crippen molar-refractivity contribution in [2.24, 2.45) is 4.99 Å². The molecule has 0 fully saturated rings.